The lowest BCUT2D eigenvalue weighted by Gasteiger charge is -2.28. The SMILES string of the molecule is CNC1(c2nc(C)cs2)CCc2ccc(C)cc21. The van der Waals surface area contributed by atoms with Gasteiger partial charge in [0, 0.05) is 11.1 Å². The molecule has 0 spiro atoms. The number of hydrogen-bond donors (Lipinski definition) is 1. The van der Waals surface area contributed by atoms with Crippen molar-refractivity contribution in [3.05, 3.63) is 51.0 Å². The molecule has 1 aromatic heterocycles. The topological polar surface area (TPSA) is 24.9 Å². The van der Waals surface area contributed by atoms with Gasteiger partial charge in [-0.1, -0.05) is 23.8 Å². The minimum Gasteiger partial charge on any atom is -0.305 e. The van der Waals surface area contributed by atoms with Crippen LogP contribution < -0.4 is 5.32 Å². The lowest BCUT2D eigenvalue weighted by atomic mass is 9.91. The van der Waals surface area contributed by atoms with E-state index >= 15 is 0 Å². The van der Waals surface area contributed by atoms with Crippen molar-refractivity contribution in [1.29, 1.82) is 0 Å². The van der Waals surface area contributed by atoms with E-state index in [0.29, 0.717) is 0 Å². The minimum absolute atomic E-state index is 0.0692. The molecule has 0 radical (unpaired) electrons. The number of fused-ring (bicyclic) bond motifs is 1. The number of rotatable bonds is 2. The van der Waals surface area contributed by atoms with Gasteiger partial charge in [-0.2, -0.15) is 0 Å². The Balaban J connectivity index is 2.19. The second-order valence-electron chi connectivity index (χ2n) is 5.11. The summed E-state index contributed by atoms with van der Waals surface area (Å²) >= 11 is 1.77. The Morgan fingerprint density at radius 1 is 1.33 bits per heavy atom. The highest BCUT2D eigenvalue weighted by atomic mass is 32.1. The number of hydrogen-bond acceptors (Lipinski definition) is 3. The van der Waals surface area contributed by atoms with E-state index in [1.165, 1.54) is 21.7 Å². The van der Waals surface area contributed by atoms with E-state index in [0.717, 1.165) is 18.5 Å². The van der Waals surface area contributed by atoms with Crippen LogP contribution in [0.1, 0.15) is 33.8 Å². The van der Waals surface area contributed by atoms with E-state index in [-0.39, 0.29) is 5.54 Å². The maximum absolute atomic E-state index is 4.72. The molecule has 1 unspecified atom stereocenters. The third-order valence-corrected chi connectivity index (χ3v) is 5.03. The average molecular weight is 258 g/mol. The quantitative estimate of drug-likeness (QED) is 0.895. The fraction of sp³-hybridized carbons (Fsp3) is 0.400. The predicted octanol–water partition coefficient (Wildman–Crippen LogP) is 3.17. The molecule has 0 amide bonds. The van der Waals surface area contributed by atoms with Gasteiger partial charge in [-0.15, -0.1) is 11.3 Å². The van der Waals surface area contributed by atoms with Gasteiger partial charge in [-0.05, 0) is 44.9 Å². The third-order valence-electron chi connectivity index (χ3n) is 3.91. The van der Waals surface area contributed by atoms with E-state index in [9.17, 15) is 0 Å². The largest absolute Gasteiger partial charge is 0.305 e. The summed E-state index contributed by atoms with van der Waals surface area (Å²) in [7, 11) is 2.05. The minimum atomic E-state index is -0.0692. The third kappa shape index (κ3) is 1.62. The Morgan fingerprint density at radius 2 is 2.17 bits per heavy atom. The van der Waals surface area contributed by atoms with Crippen LogP contribution in [0.5, 0.6) is 0 Å². The molecule has 2 nitrogen and oxygen atoms in total. The summed E-state index contributed by atoms with van der Waals surface area (Å²) in [6, 6.07) is 6.79. The molecule has 2 aromatic rings. The summed E-state index contributed by atoms with van der Waals surface area (Å²) in [6.07, 6.45) is 2.24. The summed E-state index contributed by atoms with van der Waals surface area (Å²) in [5, 5.41) is 6.88. The molecule has 1 aromatic carbocycles. The van der Waals surface area contributed by atoms with Crippen molar-refractivity contribution in [2.75, 3.05) is 7.05 Å². The zero-order valence-corrected chi connectivity index (χ0v) is 11.9. The van der Waals surface area contributed by atoms with Crippen molar-refractivity contribution in [2.24, 2.45) is 0 Å². The Kier molecular flexibility index (Phi) is 2.76. The molecule has 1 N–H and O–H groups in total. The summed E-state index contributed by atoms with van der Waals surface area (Å²) in [4.78, 5) is 4.72. The molecule has 0 bridgehead atoms. The first-order valence-corrected chi connectivity index (χ1v) is 7.25. The Labute approximate surface area is 112 Å². The smallest absolute Gasteiger partial charge is 0.118 e. The van der Waals surface area contributed by atoms with Crippen LogP contribution in [0.25, 0.3) is 0 Å². The molecule has 0 aliphatic heterocycles. The van der Waals surface area contributed by atoms with Crippen LogP contribution in [0.4, 0.5) is 0 Å². The zero-order chi connectivity index (χ0) is 12.8. The second kappa shape index (κ2) is 4.18. The van der Waals surface area contributed by atoms with Crippen LogP contribution >= 0.6 is 11.3 Å². The van der Waals surface area contributed by atoms with Gasteiger partial charge in [0.2, 0.25) is 0 Å². The second-order valence-corrected chi connectivity index (χ2v) is 5.97. The molecule has 0 fully saturated rings. The molecule has 3 rings (SSSR count). The number of aromatic nitrogens is 1. The van der Waals surface area contributed by atoms with Gasteiger partial charge in [-0.3, -0.25) is 0 Å². The van der Waals surface area contributed by atoms with Crippen molar-refractivity contribution in [1.82, 2.24) is 10.3 Å². The molecular formula is C15H18N2S. The first-order chi connectivity index (χ1) is 8.65. The molecule has 1 heterocycles. The first kappa shape index (κ1) is 11.9. The van der Waals surface area contributed by atoms with Gasteiger partial charge in [-0.25, -0.2) is 4.98 Å². The first-order valence-electron chi connectivity index (χ1n) is 6.37. The van der Waals surface area contributed by atoms with Gasteiger partial charge in [0.15, 0.2) is 0 Å². The summed E-state index contributed by atoms with van der Waals surface area (Å²) in [5.41, 5.74) is 5.25. The van der Waals surface area contributed by atoms with E-state index in [4.69, 9.17) is 4.98 Å². The number of nitrogens with zero attached hydrogens (tertiary/aromatic N) is 1. The maximum atomic E-state index is 4.72. The molecular weight excluding hydrogens is 240 g/mol. The van der Waals surface area contributed by atoms with Gasteiger partial charge < -0.3 is 5.32 Å². The van der Waals surface area contributed by atoms with E-state index in [1.807, 2.05) is 7.05 Å². The maximum Gasteiger partial charge on any atom is 0.118 e. The van der Waals surface area contributed by atoms with E-state index in [2.05, 4.69) is 42.7 Å². The summed E-state index contributed by atoms with van der Waals surface area (Å²) in [5.74, 6) is 0. The fourth-order valence-corrected chi connectivity index (χ4v) is 3.95. The highest BCUT2D eigenvalue weighted by Gasteiger charge is 2.41. The lowest BCUT2D eigenvalue weighted by Crippen LogP contribution is -2.39. The predicted molar refractivity (Wildman–Crippen MR) is 76.2 cm³/mol. The summed E-state index contributed by atoms with van der Waals surface area (Å²) < 4.78 is 0. The number of thiazole rings is 1. The molecule has 94 valence electrons. The van der Waals surface area contributed by atoms with Crippen LogP contribution in [0.15, 0.2) is 23.6 Å². The lowest BCUT2D eigenvalue weighted by molar-refractivity contribution is 0.433. The van der Waals surface area contributed by atoms with Crippen molar-refractivity contribution < 1.29 is 0 Å². The van der Waals surface area contributed by atoms with Crippen molar-refractivity contribution in [2.45, 2.75) is 32.2 Å². The van der Waals surface area contributed by atoms with Crippen LogP contribution in [0, 0.1) is 13.8 Å². The van der Waals surface area contributed by atoms with Gasteiger partial charge in [0.25, 0.3) is 0 Å². The molecule has 1 aliphatic carbocycles. The van der Waals surface area contributed by atoms with Crippen molar-refractivity contribution >= 4 is 11.3 Å². The Bertz CT molecular complexity index is 588. The number of benzene rings is 1. The van der Waals surface area contributed by atoms with Gasteiger partial charge in [0.05, 0.1) is 5.54 Å². The van der Waals surface area contributed by atoms with E-state index in [1.54, 1.807) is 11.3 Å². The Hall–Kier alpha value is -1.19. The molecule has 0 saturated carbocycles. The van der Waals surface area contributed by atoms with Gasteiger partial charge in [0.1, 0.15) is 5.01 Å². The molecule has 1 atom stereocenters. The number of nitrogens with one attached hydrogen (secondary N) is 1. The van der Waals surface area contributed by atoms with Gasteiger partial charge >= 0.3 is 0 Å². The molecule has 0 saturated heterocycles. The van der Waals surface area contributed by atoms with Crippen molar-refractivity contribution in [3.8, 4) is 0 Å². The highest BCUT2D eigenvalue weighted by molar-refractivity contribution is 7.09. The molecule has 18 heavy (non-hydrogen) atoms. The van der Waals surface area contributed by atoms with Crippen LogP contribution in [-0.2, 0) is 12.0 Å². The molecule has 1 aliphatic rings. The molecule has 3 heteroatoms. The van der Waals surface area contributed by atoms with Crippen molar-refractivity contribution in [3.63, 3.8) is 0 Å². The normalized spacial score (nSPS) is 22.2. The zero-order valence-electron chi connectivity index (χ0n) is 11.1. The fourth-order valence-electron chi connectivity index (χ4n) is 2.90. The standard InChI is InChI=1S/C15H18N2S/c1-10-4-5-12-6-7-15(16-3,13(12)8-10)14-17-11(2)9-18-14/h4-5,8-9,16H,6-7H2,1-3H3. The van der Waals surface area contributed by atoms with E-state index < -0.39 is 0 Å². The van der Waals surface area contributed by atoms with Crippen LogP contribution in [0.2, 0.25) is 0 Å². The average Bonchev–Trinajstić information content (AvgIpc) is 2.93. The summed E-state index contributed by atoms with van der Waals surface area (Å²) in [6.45, 7) is 4.22. The highest BCUT2D eigenvalue weighted by Crippen LogP contribution is 2.43. The number of aryl methyl sites for hydroxylation is 3. The van der Waals surface area contributed by atoms with Crippen LogP contribution in [-0.4, -0.2) is 12.0 Å². The Morgan fingerprint density at radius 3 is 2.83 bits per heavy atom. The monoisotopic (exact) mass is 258 g/mol. The van der Waals surface area contributed by atoms with Crippen LogP contribution in [0.3, 0.4) is 0 Å².